The lowest BCUT2D eigenvalue weighted by Crippen LogP contribution is -2.47. The third-order valence-electron chi connectivity index (χ3n) is 5.76. The average Bonchev–Trinajstić information content (AvgIpc) is 3.19. The molecule has 0 aliphatic carbocycles. The van der Waals surface area contributed by atoms with Crippen molar-refractivity contribution in [2.45, 2.75) is 13.3 Å². The standard InChI is InChI=1S/C25H26N4OS/c1-18-16-22-24(26-23(27-25(22)31-18)17-19-6-4-3-5-7-19)29-14-12-28(13-15-29)20-8-10-21(30-2)11-9-20/h3-11,16H,12-15,17H2,1-2H3. The summed E-state index contributed by atoms with van der Waals surface area (Å²) in [6.07, 6.45) is 0.756. The van der Waals surface area contributed by atoms with Gasteiger partial charge in [-0.1, -0.05) is 30.3 Å². The fourth-order valence-corrected chi connectivity index (χ4v) is 5.03. The molecule has 1 aliphatic heterocycles. The van der Waals surface area contributed by atoms with Crippen LogP contribution in [-0.4, -0.2) is 43.3 Å². The predicted octanol–water partition coefficient (Wildman–Crippen LogP) is 4.93. The quantitative estimate of drug-likeness (QED) is 0.449. The maximum Gasteiger partial charge on any atom is 0.141 e. The van der Waals surface area contributed by atoms with Crippen molar-refractivity contribution in [3.8, 4) is 5.75 Å². The Bertz CT molecular complexity index is 1170. The summed E-state index contributed by atoms with van der Waals surface area (Å²) < 4.78 is 5.29. The lowest BCUT2D eigenvalue weighted by atomic mass is 10.1. The number of nitrogens with zero attached hydrogens (tertiary/aromatic N) is 4. The normalized spacial score (nSPS) is 14.3. The van der Waals surface area contributed by atoms with Gasteiger partial charge in [-0.2, -0.15) is 0 Å². The Balaban J connectivity index is 1.39. The van der Waals surface area contributed by atoms with E-state index in [1.807, 2.05) is 18.2 Å². The van der Waals surface area contributed by atoms with Crippen molar-refractivity contribution in [3.05, 3.63) is 76.9 Å². The third-order valence-corrected chi connectivity index (χ3v) is 6.71. The molecule has 5 nitrogen and oxygen atoms in total. The molecule has 0 bridgehead atoms. The molecular formula is C25H26N4OS. The number of fused-ring (bicyclic) bond motifs is 1. The zero-order valence-corrected chi connectivity index (χ0v) is 18.7. The largest absolute Gasteiger partial charge is 0.497 e. The molecule has 0 spiro atoms. The lowest BCUT2D eigenvalue weighted by molar-refractivity contribution is 0.415. The van der Waals surface area contributed by atoms with E-state index < -0.39 is 0 Å². The molecule has 4 aromatic rings. The van der Waals surface area contributed by atoms with Gasteiger partial charge in [0.2, 0.25) is 0 Å². The monoisotopic (exact) mass is 430 g/mol. The van der Waals surface area contributed by atoms with Gasteiger partial charge in [0.1, 0.15) is 22.2 Å². The van der Waals surface area contributed by atoms with Crippen molar-refractivity contribution in [3.63, 3.8) is 0 Å². The van der Waals surface area contributed by atoms with E-state index in [1.165, 1.54) is 21.5 Å². The second-order valence-electron chi connectivity index (χ2n) is 7.87. The Morgan fingerprint density at radius 3 is 2.32 bits per heavy atom. The van der Waals surface area contributed by atoms with Crippen LogP contribution >= 0.6 is 11.3 Å². The summed E-state index contributed by atoms with van der Waals surface area (Å²) in [7, 11) is 1.70. The van der Waals surface area contributed by atoms with Gasteiger partial charge >= 0.3 is 0 Å². The maximum absolute atomic E-state index is 5.29. The van der Waals surface area contributed by atoms with E-state index in [1.54, 1.807) is 18.4 Å². The molecule has 1 aliphatic rings. The Morgan fingerprint density at radius 2 is 1.61 bits per heavy atom. The van der Waals surface area contributed by atoms with Crippen molar-refractivity contribution in [2.75, 3.05) is 43.1 Å². The number of methoxy groups -OCH3 is 1. The van der Waals surface area contributed by atoms with Crippen molar-refractivity contribution in [1.29, 1.82) is 0 Å². The highest BCUT2D eigenvalue weighted by Gasteiger charge is 2.22. The molecule has 0 unspecified atom stereocenters. The molecule has 0 amide bonds. The van der Waals surface area contributed by atoms with Gasteiger partial charge in [0.25, 0.3) is 0 Å². The number of rotatable bonds is 5. The SMILES string of the molecule is COc1ccc(N2CCN(c3nc(Cc4ccccc4)nc4sc(C)cc34)CC2)cc1. The van der Waals surface area contributed by atoms with Crippen LogP contribution in [0.25, 0.3) is 10.2 Å². The Kier molecular flexibility index (Phi) is 5.47. The van der Waals surface area contributed by atoms with E-state index >= 15 is 0 Å². The fraction of sp³-hybridized carbons (Fsp3) is 0.280. The van der Waals surface area contributed by atoms with Gasteiger partial charge < -0.3 is 14.5 Å². The van der Waals surface area contributed by atoms with E-state index in [9.17, 15) is 0 Å². The van der Waals surface area contributed by atoms with Gasteiger partial charge in [0, 0.05) is 43.2 Å². The molecule has 2 aromatic heterocycles. The summed E-state index contributed by atoms with van der Waals surface area (Å²) in [5, 5.41) is 1.18. The van der Waals surface area contributed by atoms with Crippen LogP contribution in [-0.2, 0) is 6.42 Å². The molecule has 6 heteroatoms. The highest BCUT2D eigenvalue weighted by Crippen LogP contribution is 2.32. The fourth-order valence-electron chi connectivity index (χ4n) is 4.14. The number of anilines is 2. The van der Waals surface area contributed by atoms with Crippen LogP contribution in [0.3, 0.4) is 0 Å². The second kappa shape index (κ2) is 8.55. The summed E-state index contributed by atoms with van der Waals surface area (Å²) in [4.78, 5) is 17.1. The van der Waals surface area contributed by atoms with Crippen LogP contribution in [0.4, 0.5) is 11.5 Å². The maximum atomic E-state index is 5.29. The van der Waals surface area contributed by atoms with E-state index in [4.69, 9.17) is 14.7 Å². The Hall–Kier alpha value is -3.12. The van der Waals surface area contributed by atoms with Crippen molar-refractivity contribution >= 4 is 33.1 Å². The van der Waals surface area contributed by atoms with Gasteiger partial charge in [-0.15, -0.1) is 11.3 Å². The summed E-state index contributed by atoms with van der Waals surface area (Å²) >= 11 is 1.76. The van der Waals surface area contributed by atoms with Crippen LogP contribution < -0.4 is 14.5 Å². The summed E-state index contributed by atoms with van der Waals surface area (Å²) in [5.74, 6) is 2.87. The van der Waals surface area contributed by atoms with Gasteiger partial charge in [-0.05, 0) is 42.8 Å². The number of hydrogen-bond donors (Lipinski definition) is 0. The molecule has 0 atom stereocenters. The second-order valence-corrected chi connectivity index (χ2v) is 9.11. The number of benzene rings is 2. The Labute approximate surface area is 186 Å². The molecule has 0 radical (unpaired) electrons. The van der Waals surface area contributed by atoms with E-state index in [0.717, 1.165) is 54.8 Å². The first-order chi connectivity index (χ1) is 15.2. The van der Waals surface area contributed by atoms with Crippen LogP contribution in [0.15, 0.2) is 60.7 Å². The molecular weight excluding hydrogens is 404 g/mol. The molecule has 5 rings (SSSR count). The molecule has 0 saturated carbocycles. The minimum absolute atomic E-state index is 0.756. The smallest absolute Gasteiger partial charge is 0.141 e. The molecule has 1 saturated heterocycles. The Morgan fingerprint density at radius 1 is 0.903 bits per heavy atom. The molecule has 3 heterocycles. The topological polar surface area (TPSA) is 41.5 Å². The van der Waals surface area contributed by atoms with Gasteiger partial charge in [-0.3, -0.25) is 0 Å². The summed E-state index contributed by atoms with van der Waals surface area (Å²) in [5.41, 5.74) is 2.48. The van der Waals surface area contributed by atoms with Crippen molar-refractivity contribution in [1.82, 2.24) is 9.97 Å². The van der Waals surface area contributed by atoms with Crippen LogP contribution in [0.1, 0.15) is 16.3 Å². The summed E-state index contributed by atoms with van der Waals surface area (Å²) in [6, 6.07) is 21.0. The number of aryl methyl sites for hydroxylation is 1. The predicted molar refractivity (Wildman–Crippen MR) is 129 cm³/mol. The first-order valence-electron chi connectivity index (χ1n) is 10.6. The average molecular weight is 431 g/mol. The number of hydrogen-bond acceptors (Lipinski definition) is 6. The molecule has 1 fully saturated rings. The lowest BCUT2D eigenvalue weighted by Gasteiger charge is -2.37. The zero-order valence-electron chi connectivity index (χ0n) is 17.9. The number of ether oxygens (including phenoxy) is 1. The third kappa shape index (κ3) is 4.21. The zero-order chi connectivity index (χ0) is 21.2. The highest BCUT2D eigenvalue weighted by atomic mass is 32.1. The minimum Gasteiger partial charge on any atom is -0.497 e. The van der Waals surface area contributed by atoms with E-state index in [-0.39, 0.29) is 0 Å². The summed E-state index contributed by atoms with van der Waals surface area (Å²) in [6.45, 7) is 5.97. The van der Waals surface area contributed by atoms with Crippen molar-refractivity contribution in [2.24, 2.45) is 0 Å². The first-order valence-corrected chi connectivity index (χ1v) is 11.5. The molecule has 158 valence electrons. The highest BCUT2D eigenvalue weighted by molar-refractivity contribution is 7.18. The molecule has 0 N–H and O–H groups in total. The molecule has 2 aromatic carbocycles. The first kappa shape index (κ1) is 19.8. The number of aromatic nitrogens is 2. The van der Waals surface area contributed by atoms with E-state index in [2.05, 4.69) is 59.2 Å². The van der Waals surface area contributed by atoms with Crippen LogP contribution in [0.2, 0.25) is 0 Å². The van der Waals surface area contributed by atoms with Crippen molar-refractivity contribution < 1.29 is 4.74 Å². The van der Waals surface area contributed by atoms with Crippen LogP contribution in [0, 0.1) is 6.92 Å². The van der Waals surface area contributed by atoms with Gasteiger partial charge in [0.05, 0.1) is 12.5 Å². The van der Waals surface area contributed by atoms with Gasteiger partial charge in [0.15, 0.2) is 0 Å². The number of thiophene rings is 1. The molecule has 31 heavy (non-hydrogen) atoms. The van der Waals surface area contributed by atoms with E-state index in [0.29, 0.717) is 0 Å². The minimum atomic E-state index is 0.756. The van der Waals surface area contributed by atoms with Gasteiger partial charge in [-0.25, -0.2) is 9.97 Å². The van der Waals surface area contributed by atoms with Crippen LogP contribution in [0.5, 0.6) is 5.75 Å². The number of piperazine rings is 1.